The molecule has 2 rings (SSSR count). The lowest BCUT2D eigenvalue weighted by Gasteiger charge is -2.11. The number of amides is 1. The van der Waals surface area contributed by atoms with Gasteiger partial charge < -0.3 is 15.2 Å². The third-order valence-electron chi connectivity index (χ3n) is 3.09. The second-order valence-electron chi connectivity index (χ2n) is 4.79. The predicted molar refractivity (Wildman–Crippen MR) is 97.8 cm³/mol. The number of halogens is 1. The molecule has 0 saturated carbocycles. The summed E-state index contributed by atoms with van der Waals surface area (Å²) in [5.41, 5.74) is 9.88. The van der Waals surface area contributed by atoms with Crippen LogP contribution in [0.25, 0.3) is 0 Å². The summed E-state index contributed by atoms with van der Waals surface area (Å²) in [5, 5.41) is 3.96. The summed E-state index contributed by atoms with van der Waals surface area (Å²) < 4.78 is 11.6. The van der Waals surface area contributed by atoms with Crippen LogP contribution in [0.2, 0.25) is 0 Å². The molecule has 0 radical (unpaired) electrons. The van der Waals surface area contributed by atoms with Gasteiger partial charge in [0.25, 0.3) is 5.91 Å². The fraction of sp³-hybridized carbons (Fsp3) is 0.176. The third-order valence-corrected chi connectivity index (χ3v) is 3.68. The van der Waals surface area contributed by atoms with Crippen LogP contribution in [-0.2, 0) is 0 Å². The van der Waals surface area contributed by atoms with Gasteiger partial charge in [0.15, 0.2) is 11.5 Å². The number of methoxy groups -OCH3 is 1. The van der Waals surface area contributed by atoms with E-state index in [9.17, 15) is 4.79 Å². The number of nitrogens with two attached hydrogens (primary N) is 1. The van der Waals surface area contributed by atoms with Crippen LogP contribution in [0.4, 0.5) is 5.69 Å². The number of carbonyl (C=O) groups is 1. The maximum Gasteiger partial charge on any atom is 0.271 e. The van der Waals surface area contributed by atoms with Crippen LogP contribution in [0.15, 0.2) is 46.0 Å². The van der Waals surface area contributed by atoms with E-state index < -0.39 is 0 Å². The summed E-state index contributed by atoms with van der Waals surface area (Å²) in [5.74, 6) is 0.892. The van der Waals surface area contributed by atoms with Crippen LogP contribution in [0.3, 0.4) is 0 Å². The number of nitrogens with zero attached hydrogens (tertiary/aromatic N) is 1. The monoisotopic (exact) mass is 391 g/mol. The number of rotatable bonds is 6. The molecule has 0 aliphatic rings. The van der Waals surface area contributed by atoms with Crippen LogP contribution in [0, 0.1) is 0 Å². The molecule has 1 amide bonds. The summed E-state index contributed by atoms with van der Waals surface area (Å²) in [6.07, 6.45) is 1.53. The molecule has 3 N–H and O–H groups in total. The normalized spacial score (nSPS) is 10.6. The Morgan fingerprint density at radius 2 is 2.04 bits per heavy atom. The van der Waals surface area contributed by atoms with E-state index in [0.717, 1.165) is 10.0 Å². The Balaban J connectivity index is 2.10. The molecule has 0 unspecified atom stereocenters. The van der Waals surface area contributed by atoms with Crippen LogP contribution in [-0.4, -0.2) is 25.8 Å². The quantitative estimate of drug-likeness (QED) is 0.449. The van der Waals surface area contributed by atoms with Gasteiger partial charge in [0.2, 0.25) is 0 Å². The summed E-state index contributed by atoms with van der Waals surface area (Å²) >= 11 is 3.44. The number of hydrogen-bond donors (Lipinski definition) is 2. The Bertz CT molecular complexity index is 745. The number of benzene rings is 2. The second-order valence-corrected chi connectivity index (χ2v) is 5.64. The molecular formula is C17H18BrN3O3. The van der Waals surface area contributed by atoms with Crippen molar-refractivity contribution in [3.8, 4) is 11.5 Å². The Hall–Kier alpha value is -2.54. The molecule has 6 nitrogen and oxygen atoms in total. The van der Waals surface area contributed by atoms with E-state index in [1.54, 1.807) is 37.4 Å². The van der Waals surface area contributed by atoms with Gasteiger partial charge >= 0.3 is 0 Å². The molecule has 0 bridgehead atoms. The molecule has 0 saturated heterocycles. The number of hydrazone groups is 1. The van der Waals surface area contributed by atoms with Crippen molar-refractivity contribution in [2.45, 2.75) is 6.92 Å². The number of hydrogen-bond acceptors (Lipinski definition) is 5. The second kappa shape index (κ2) is 8.35. The van der Waals surface area contributed by atoms with E-state index >= 15 is 0 Å². The summed E-state index contributed by atoms with van der Waals surface area (Å²) in [6, 6.07) is 10.2. The van der Waals surface area contributed by atoms with Crippen molar-refractivity contribution in [1.29, 1.82) is 0 Å². The molecule has 0 fully saturated rings. The lowest BCUT2D eigenvalue weighted by molar-refractivity contribution is 0.0955. The third kappa shape index (κ3) is 4.48. The molecule has 7 heteroatoms. The van der Waals surface area contributed by atoms with Gasteiger partial charge in [-0.05, 0) is 64.8 Å². The first-order chi connectivity index (χ1) is 11.5. The zero-order valence-electron chi connectivity index (χ0n) is 13.4. The zero-order valence-corrected chi connectivity index (χ0v) is 15.0. The molecule has 0 aliphatic carbocycles. The van der Waals surface area contributed by atoms with Crippen LogP contribution in [0.1, 0.15) is 22.8 Å². The maximum atomic E-state index is 12.0. The minimum Gasteiger partial charge on any atom is -0.493 e. The van der Waals surface area contributed by atoms with Crippen LogP contribution in [0.5, 0.6) is 11.5 Å². The zero-order chi connectivity index (χ0) is 17.5. The number of carbonyl (C=O) groups excluding carboxylic acids is 1. The molecule has 126 valence electrons. The lowest BCUT2D eigenvalue weighted by Crippen LogP contribution is -2.17. The van der Waals surface area contributed by atoms with Gasteiger partial charge in [-0.15, -0.1) is 0 Å². The van der Waals surface area contributed by atoms with Crippen molar-refractivity contribution in [1.82, 2.24) is 5.43 Å². The van der Waals surface area contributed by atoms with Gasteiger partial charge in [0, 0.05) is 11.3 Å². The van der Waals surface area contributed by atoms with Crippen molar-refractivity contribution in [3.05, 3.63) is 52.0 Å². The minimum absolute atomic E-state index is 0.316. The SMILES string of the molecule is CCOc1c(Br)cc(/C=N\NC(=O)c2ccc(N)cc2)cc1OC. The summed E-state index contributed by atoms with van der Waals surface area (Å²) in [7, 11) is 1.56. The highest BCUT2D eigenvalue weighted by Crippen LogP contribution is 2.36. The van der Waals surface area contributed by atoms with Gasteiger partial charge in [-0.2, -0.15) is 5.10 Å². The Labute approximate surface area is 148 Å². The summed E-state index contributed by atoms with van der Waals surface area (Å²) in [4.78, 5) is 12.0. The van der Waals surface area contributed by atoms with Crippen LogP contribution >= 0.6 is 15.9 Å². The van der Waals surface area contributed by atoms with E-state index in [-0.39, 0.29) is 5.91 Å². The highest BCUT2D eigenvalue weighted by Gasteiger charge is 2.10. The number of nitrogen functional groups attached to an aromatic ring is 1. The van der Waals surface area contributed by atoms with E-state index in [0.29, 0.717) is 29.4 Å². The fourth-order valence-corrected chi connectivity index (χ4v) is 2.54. The first-order valence-electron chi connectivity index (χ1n) is 7.24. The Morgan fingerprint density at radius 1 is 1.33 bits per heavy atom. The van der Waals surface area contributed by atoms with Gasteiger partial charge in [0.1, 0.15) is 0 Å². The van der Waals surface area contributed by atoms with Gasteiger partial charge in [0.05, 0.1) is 24.4 Å². The molecule has 0 atom stereocenters. The molecule has 2 aromatic carbocycles. The standard InChI is InChI=1S/C17H18BrN3O3/c1-3-24-16-14(18)8-11(9-15(16)23-2)10-20-21-17(22)12-4-6-13(19)7-5-12/h4-10H,3,19H2,1-2H3,(H,21,22)/b20-10-. The highest BCUT2D eigenvalue weighted by atomic mass is 79.9. The first kappa shape index (κ1) is 17.8. The largest absolute Gasteiger partial charge is 0.493 e. The van der Waals surface area contributed by atoms with E-state index in [1.807, 2.05) is 13.0 Å². The first-order valence-corrected chi connectivity index (χ1v) is 8.03. The number of ether oxygens (including phenoxy) is 2. The van der Waals surface area contributed by atoms with Crippen LogP contribution < -0.4 is 20.6 Å². The molecule has 24 heavy (non-hydrogen) atoms. The van der Waals surface area contributed by atoms with Crippen molar-refractivity contribution in [2.75, 3.05) is 19.5 Å². The fourth-order valence-electron chi connectivity index (χ4n) is 1.96. The molecule has 0 heterocycles. The summed E-state index contributed by atoms with van der Waals surface area (Å²) in [6.45, 7) is 2.42. The molecular weight excluding hydrogens is 374 g/mol. The predicted octanol–water partition coefficient (Wildman–Crippen LogP) is 3.20. The lowest BCUT2D eigenvalue weighted by atomic mass is 10.2. The van der Waals surface area contributed by atoms with Crippen molar-refractivity contribution in [3.63, 3.8) is 0 Å². The number of anilines is 1. The van der Waals surface area contributed by atoms with Crippen molar-refractivity contribution < 1.29 is 14.3 Å². The van der Waals surface area contributed by atoms with Crippen molar-refractivity contribution in [2.24, 2.45) is 5.10 Å². The van der Waals surface area contributed by atoms with E-state index in [1.165, 1.54) is 6.21 Å². The Morgan fingerprint density at radius 3 is 2.67 bits per heavy atom. The smallest absolute Gasteiger partial charge is 0.271 e. The van der Waals surface area contributed by atoms with Gasteiger partial charge in [-0.3, -0.25) is 4.79 Å². The topological polar surface area (TPSA) is 85.9 Å². The maximum absolute atomic E-state index is 12.0. The van der Waals surface area contributed by atoms with E-state index in [4.69, 9.17) is 15.2 Å². The molecule has 0 spiro atoms. The molecule has 0 aromatic heterocycles. The van der Waals surface area contributed by atoms with Crippen molar-refractivity contribution >= 4 is 33.7 Å². The number of nitrogens with one attached hydrogen (secondary N) is 1. The van der Waals surface area contributed by atoms with E-state index in [2.05, 4.69) is 26.5 Å². The molecule has 2 aromatic rings. The minimum atomic E-state index is -0.316. The average Bonchev–Trinajstić information content (AvgIpc) is 2.57. The molecule has 0 aliphatic heterocycles. The van der Waals surface area contributed by atoms with Gasteiger partial charge in [-0.25, -0.2) is 5.43 Å². The Kier molecular flexibility index (Phi) is 6.20. The van der Waals surface area contributed by atoms with Gasteiger partial charge in [-0.1, -0.05) is 0 Å². The average molecular weight is 392 g/mol. The highest BCUT2D eigenvalue weighted by molar-refractivity contribution is 9.10.